The van der Waals surface area contributed by atoms with Crippen molar-refractivity contribution in [2.75, 3.05) is 26.7 Å². The van der Waals surface area contributed by atoms with Crippen LogP contribution in [-0.4, -0.2) is 37.5 Å². The summed E-state index contributed by atoms with van der Waals surface area (Å²) >= 11 is 0. The molecule has 1 heterocycles. The lowest BCUT2D eigenvalue weighted by Gasteiger charge is -2.15. The van der Waals surface area contributed by atoms with E-state index in [4.69, 9.17) is 0 Å². The molecule has 0 radical (unpaired) electrons. The quantitative estimate of drug-likeness (QED) is 0.582. The lowest BCUT2D eigenvalue weighted by molar-refractivity contribution is 0.331. The highest BCUT2D eigenvalue weighted by Crippen LogP contribution is 2.13. The summed E-state index contributed by atoms with van der Waals surface area (Å²) < 4.78 is 12.9. The van der Waals surface area contributed by atoms with Crippen LogP contribution in [-0.2, 0) is 19.5 Å². The first-order valence-electron chi connectivity index (χ1n) is 9.72. The van der Waals surface area contributed by atoms with Crippen molar-refractivity contribution in [3.8, 4) is 0 Å². The largest absolute Gasteiger partial charge is 0.356 e. The zero-order valence-electron chi connectivity index (χ0n) is 16.0. The summed E-state index contributed by atoms with van der Waals surface area (Å²) in [5, 5.41) is 6.64. The molecule has 2 N–H and O–H groups in total. The molecule has 0 saturated carbocycles. The van der Waals surface area contributed by atoms with Crippen LogP contribution in [0.4, 0.5) is 4.39 Å². The normalized spacial score (nSPS) is 15.1. The topological polar surface area (TPSA) is 39.7 Å². The van der Waals surface area contributed by atoms with Crippen molar-refractivity contribution < 1.29 is 4.39 Å². The van der Waals surface area contributed by atoms with E-state index in [-0.39, 0.29) is 5.82 Å². The van der Waals surface area contributed by atoms with Crippen molar-refractivity contribution in [1.82, 2.24) is 15.5 Å². The van der Waals surface area contributed by atoms with Crippen molar-refractivity contribution in [2.24, 2.45) is 4.99 Å². The number of hydrogen-bond donors (Lipinski definition) is 2. The number of guanidine groups is 1. The average molecular weight is 369 g/mol. The molecule has 1 saturated heterocycles. The van der Waals surface area contributed by atoms with Crippen LogP contribution in [0.25, 0.3) is 0 Å². The predicted octanol–water partition coefficient (Wildman–Crippen LogP) is 3.33. The van der Waals surface area contributed by atoms with Gasteiger partial charge in [0.25, 0.3) is 0 Å². The van der Waals surface area contributed by atoms with E-state index in [2.05, 4.69) is 44.8 Å². The highest BCUT2D eigenvalue weighted by atomic mass is 19.1. The Labute approximate surface area is 161 Å². The van der Waals surface area contributed by atoms with Gasteiger partial charge in [0.2, 0.25) is 0 Å². The van der Waals surface area contributed by atoms with Gasteiger partial charge in [0, 0.05) is 26.7 Å². The van der Waals surface area contributed by atoms with E-state index >= 15 is 0 Å². The van der Waals surface area contributed by atoms with Gasteiger partial charge in [0.15, 0.2) is 5.96 Å². The Balaban J connectivity index is 1.40. The number of nitrogens with one attached hydrogen (secondary N) is 2. The number of rotatable bonds is 7. The first-order valence-corrected chi connectivity index (χ1v) is 9.72. The van der Waals surface area contributed by atoms with Crippen LogP contribution in [0.3, 0.4) is 0 Å². The Morgan fingerprint density at radius 1 is 0.926 bits per heavy atom. The molecular weight excluding hydrogens is 339 g/mol. The van der Waals surface area contributed by atoms with Crippen LogP contribution < -0.4 is 10.6 Å². The van der Waals surface area contributed by atoms with Gasteiger partial charge in [0.1, 0.15) is 5.82 Å². The van der Waals surface area contributed by atoms with Crippen molar-refractivity contribution in [3.63, 3.8) is 0 Å². The number of halogens is 1. The van der Waals surface area contributed by atoms with Gasteiger partial charge in [-0.3, -0.25) is 9.89 Å². The van der Waals surface area contributed by atoms with Crippen LogP contribution in [0.5, 0.6) is 0 Å². The molecule has 0 unspecified atom stereocenters. The van der Waals surface area contributed by atoms with Gasteiger partial charge in [-0.05, 0) is 61.2 Å². The van der Waals surface area contributed by atoms with Gasteiger partial charge >= 0.3 is 0 Å². The highest BCUT2D eigenvalue weighted by Gasteiger charge is 2.11. The second kappa shape index (κ2) is 10.1. The Morgan fingerprint density at radius 2 is 1.56 bits per heavy atom. The van der Waals surface area contributed by atoms with E-state index in [1.807, 2.05) is 12.1 Å². The fraction of sp³-hybridized carbons (Fsp3) is 0.409. The minimum absolute atomic E-state index is 0.198. The summed E-state index contributed by atoms with van der Waals surface area (Å²) in [7, 11) is 1.77. The summed E-state index contributed by atoms with van der Waals surface area (Å²) in [4.78, 5) is 6.78. The van der Waals surface area contributed by atoms with Crippen LogP contribution in [0, 0.1) is 5.82 Å². The third-order valence-electron chi connectivity index (χ3n) is 4.93. The van der Waals surface area contributed by atoms with Gasteiger partial charge in [-0.1, -0.05) is 36.4 Å². The molecule has 144 valence electrons. The monoisotopic (exact) mass is 368 g/mol. The molecule has 0 bridgehead atoms. The molecule has 0 aromatic heterocycles. The average Bonchev–Trinajstić information content (AvgIpc) is 3.20. The maximum Gasteiger partial charge on any atom is 0.191 e. The van der Waals surface area contributed by atoms with Gasteiger partial charge in [-0.25, -0.2) is 4.39 Å². The molecule has 2 aromatic rings. The first kappa shape index (κ1) is 19.4. The second-order valence-corrected chi connectivity index (χ2v) is 7.03. The zero-order chi connectivity index (χ0) is 18.9. The van der Waals surface area contributed by atoms with Crippen LogP contribution >= 0.6 is 0 Å². The van der Waals surface area contributed by atoms with Crippen molar-refractivity contribution in [2.45, 2.75) is 32.4 Å². The van der Waals surface area contributed by atoms with Gasteiger partial charge in [-0.15, -0.1) is 0 Å². The first-order chi connectivity index (χ1) is 13.2. The third kappa shape index (κ3) is 6.36. The zero-order valence-corrected chi connectivity index (χ0v) is 16.0. The SMILES string of the molecule is CN=C(NCCc1ccc(F)cc1)NCc1ccc(CN2CCCC2)cc1. The Hall–Kier alpha value is -2.40. The summed E-state index contributed by atoms with van der Waals surface area (Å²) in [5.74, 6) is 0.578. The Morgan fingerprint density at radius 3 is 2.22 bits per heavy atom. The molecule has 0 spiro atoms. The van der Waals surface area contributed by atoms with Crippen LogP contribution in [0.2, 0.25) is 0 Å². The highest BCUT2D eigenvalue weighted by molar-refractivity contribution is 5.79. The number of nitrogens with zero attached hydrogens (tertiary/aromatic N) is 2. The molecule has 0 amide bonds. The lowest BCUT2D eigenvalue weighted by Crippen LogP contribution is -2.37. The Kier molecular flexibility index (Phi) is 7.22. The number of aliphatic imine (C=N–C) groups is 1. The molecule has 5 heteroatoms. The van der Waals surface area contributed by atoms with Crippen molar-refractivity contribution in [3.05, 3.63) is 71.0 Å². The minimum Gasteiger partial charge on any atom is -0.356 e. The van der Waals surface area contributed by atoms with Gasteiger partial charge < -0.3 is 10.6 Å². The van der Waals surface area contributed by atoms with E-state index in [0.717, 1.165) is 37.6 Å². The fourth-order valence-electron chi connectivity index (χ4n) is 3.34. The molecule has 0 atom stereocenters. The molecule has 0 aliphatic carbocycles. The standard InChI is InChI=1S/C22H29FN4/c1-24-22(25-13-12-18-8-10-21(23)11-9-18)26-16-19-4-6-20(7-5-19)17-27-14-2-3-15-27/h4-11H,2-3,12-17H2,1H3,(H2,24,25,26). The molecule has 2 aromatic carbocycles. The predicted molar refractivity (Wildman–Crippen MR) is 109 cm³/mol. The van der Waals surface area contributed by atoms with E-state index < -0.39 is 0 Å². The summed E-state index contributed by atoms with van der Waals surface area (Å²) in [6, 6.07) is 15.4. The molecule has 4 nitrogen and oxygen atoms in total. The smallest absolute Gasteiger partial charge is 0.191 e. The molecule has 1 aliphatic rings. The third-order valence-corrected chi connectivity index (χ3v) is 4.93. The number of likely N-dealkylation sites (tertiary alicyclic amines) is 1. The molecule has 3 rings (SSSR count). The van der Waals surface area contributed by atoms with Crippen molar-refractivity contribution in [1.29, 1.82) is 0 Å². The summed E-state index contributed by atoms with van der Waals surface area (Å²) in [6.07, 6.45) is 3.48. The molecular formula is C22H29FN4. The fourth-order valence-corrected chi connectivity index (χ4v) is 3.34. The van der Waals surface area contributed by atoms with Gasteiger partial charge in [0.05, 0.1) is 0 Å². The molecule has 1 aliphatic heterocycles. The van der Waals surface area contributed by atoms with Crippen molar-refractivity contribution >= 4 is 5.96 Å². The summed E-state index contributed by atoms with van der Waals surface area (Å²) in [6.45, 7) is 4.99. The van der Waals surface area contributed by atoms with E-state index in [0.29, 0.717) is 0 Å². The lowest BCUT2D eigenvalue weighted by atomic mass is 10.1. The van der Waals surface area contributed by atoms with Gasteiger partial charge in [-0.2, -0.15) is 0 Å². The Bertz CT molecular complexity index is 719. The van der Waals surface area contributed by atoms with E-state index in [1.165, 1.54) is 49.2 Å². The van der Waals surface area contributed by atoms with E-state index in [9.17, 15) is 4.39 Å². The number of hydrogen-bond acceptors (Lipinski definition) is 2. The second-order valence-electron chi connectivity index (χ2n) is 7.03. The van der Waals surface area contributed by atoms with E-state index in [1.54, 1.807) is 7.05 Å². The molecule has 1 fully saturated rings. The van der Waals surface area contributed by atoms with Crippen LogP contribution in [0.1, 0.15) is 29.5 Å². The summed E-state index contributed by atoms with van der Waals surface area (Å²) in [5.41, 5.74) is 3.72. The maximum atomic E-state index is 12.9. The number of benzene rings is 2. The maximum absolute atomic E-state index is 12.9. The van der Waals surface area contributed by atoms with Crippen LogP contribution in [0.15, 0.2) is 53.5 Å². The minimum atomic E-state index is -0.198. The molecule has 27 heavy (non-hydrogen) atoms.